The van der Waals surface area contributed by atoms with Crippen molar-refractivity contribution in [3.8, 4) is 11.5 Å². The van der Waals surface area contributed by atoms with Gasteiger partial charge in [-0.2, -0.15) is 0 Å². The van der Waals surface area contributed by atoms with Crippen LogP contribution in [0.1, 0.15) is 11.6 Å². The normalized spacial score (nSPS) is 17.8. The van der Waals surface area contributed by atoms with Crippen LogP contribution in [0.5, 0.6) is 11.5 Å². The predicted molar refractivity (Wildman–Crippen MR) is 52.1 cm³/mol. The molecule has 0 fully saturated rings. The highest BCUT2D eigenvalue weighted by atomic mass is 19.3. The number of rotatable bonds is 3. The van der Waals surface area contributed by atoms with Crippen molar-refractivity contribution in [1.82, 2.24) is 5.32 Å². The fraction of sp³-hybridized carbons (Fsp3) is 0.300. The van der Waals surface area contributed by atoms with E-state index in [4.69, 9.17) is 5.11 Å². The van der Waals surface area contributed by atoms with Gasteiger partial charge in [0.1, 0.15) is 6.04 Å². The van der Waals surface area contributed by atoms with E-state index in [2.05, 4.69) is 14.8 Å². The maximum Gasteiger partial charge on any atom is 0.586 e. The highest BCUT2D eigenvalue weighted by Crippen LogP contribution is 2.41. The molecule has 0 aliphatic carbocycles. The van der Waals surface area contributed by atoms with E-state index >= 15 is 0 Å². The fourth-order valence-corrected chi connectivity index (χ4v) is 1.58. The van der Waals surface area contributed by atoms with E-state index in [9.17, 15) is 13.6 Å². The molecule has 1 aliphatic rings. The number of alkyl halides is 2. The number of fused-ring (bicyclic) bond motifs is 1. The first-order chi connectivity index (χ1) is 7.93. The number of hydrogen-bond acceptors (Lipinski definition) is 4. The lowest BCUT2D eigenvalue weighted by Crippen LogP contribution is -2.26. The van der Waals surface area contributed by atoms with Crippen LogP contribution in [0.2, 0.25) is 0 Å². The summed E-state index contributed by atoms with van der Waals surface area (Å²) in [5.41, 5.74) is 0.306. The zero-order valence-electron chi connectivity index (χ0n) is 8.74. The van der Waals surface area contributed by atoms with Gasteiger partial charge >= 0.3 is 12.3 Å². The first-order valence-corrected chi connectivity index (χ1v) is 4.73. The Morgan fingerprint density at radius 1 is 1.41 bits per heavy atom. The van der Waals surface area contributed by atoms with E-state index in [1.807, 2.05) is 0 Å². The lowest BCUT2D eigenvalue weighted by Gasteiger charge is -2.11. The van der Waals surface area contributed by atoms with Gasteiger partial charge in [-0.25, -0.2) is 0 Å². The minimum atomic E-state index is -3.70. The summed E-state index contributed by atoms with van der Waals surface area (Å²) in [5.74, 6) is -1.40. The van der Waals surface area contributed by atoms with Gasteiger partial charge in [-0.05, 0) is 24.7 Å². The number of aliphatic carboxylic acids is 1. The third-order valence-corrected chi connectivity index (χ3v) is 2.29. The summed E-state index contributed by atoms with van der Waals surface area (Å²) >= 11 is 0. The topological polar surface area (TPSA) is 67.8 Å². The summed E-state index contributed by atoms with van der Waals surface area (Å²) in [6, 6.07) is 2.86. The van der Waals surface area contributed by atoms with Crippen LogP contribution < -0.4 is 14.8 Å². The minimum absolute atomic E-state index is 0.112. The molecule has 2 N–H and O–H groups in total. The first kappa shape index (κ1) is 11.6. The molecule has 1 unspecified atom stereocenters. The zero-order valence-corrected chi connectivity index (χ0v) is 8.74. The third kappa shape index (κ3) is 2.14. The van der Waals surface area contributed by atoms with E-state index in [-0.39, 0.29) is 11.5 Å². The van der Waals surface area contributed by atoms with Crippen molar-refractivity contribution in [3.05, 3.63) is 23.8 Å². The molecular formula is C10H9F2NO4. The van der Waals surface area contributed by atoms with Gasteiger partial charge in [0, 0.05) is 0 Å². The summed E-state index contributed by atoms with van der Waals surface area (Å²) in [4.78, 5) is 10.9. The maximum absolute atomic E-state index is 12.7. The third-order valence-electron chi connectivity index (χ3n) is 2.29. The van der Waals surface area contributed by atoms with E-state index in [0.717, 1.165) is 0 Å². The van der Waals surface area contributed by atoms with Crippen LogP contribution in [0.4, 0.5) is 8.78 Å². The second-order valence-corrected chi connectivity index (χ2v) is 3.43. The van der Waals surface area contributed by atoms with Gasteiger partial charge in [-0.3, -0.25) is 4.79 Å². The van der Waals surface area contributed by atoms with Crippen LogP contribution in [-0.2, 0) is 4.79 Å². The lowest BCUT2D eigenvalue weighted by atomic mass is 10.1. The summed E-state index contributed by atoms with van der Waals surface area (Å²) < 4.78 is 33.9. The van der Waals surface area contributed by atoms with Gasteiger partial charge in [0.05, 0.1) is 0 Å². The summed E-state index contributed by atoms with van der Waals surface area (Å²) in [6.45, 7) is 0. The number of hydrogen-bond donors (Lipinski definition) is 2. The Kier molecular flexibility index (Phi) is 2.62. The van der Waals surface area contributed by atoms with Crippen LogP contribution in [0.15, 0.2) is 18.2 Å². The second kappa shape index (κ2) is 3.85. The Labute approximate surface area is 94.9 Å². The molecule has 1 atom stereocenters. The van der Waals surface area contributed by atoms with Gasteiger partial charge in [-0.1, -0.05) is 6.07 Å². The largest absolute Gasteiger partial charge is 0.586 e. The molecule has 1 aliphatic heterocycles. The molecule has 0 amide bonds. The number of ether oxygens (including phenoxy) is 2. The Balaban J connectivity index is 2.33. The molecule has 1 aromatic carbocycles. The Hall–Kier alpha value is -1.89. The summed E-state index contributed by atoms with van der Waals surface area (Å²) in [7, 11) is 1.46. The molecule has 0 aromatic heterocycles. The van der Waals surface area contributed by atoms with Crippen LogP contribution >= 0.6 is 0 Å². The summed E-state index contributed by atoms with van der Waals surface area (Å²) in [6.07, 6.45) is -3.70. The molecule has 7 heteroatoms. The highest BCUT2D eigenvalue weighted by Gasteiger charge is 2.43. The van der Waals surface area contributed by atoms with Crippen LogP contribution in [0.25, 0.3) is 0 Å². The molecule has 0 saturated carbocycles. The number of benzene rings is 1. The lowest BCUT2D eigenvalue weighted by molar-refractivity contribution is -0.286. The SMILES string of the molecule is CNC(C(=O)O)c1ccc2c(c1)OC(F)(F)O2. The van der Waals surface area contributed by atoms with Crippen LogP contribution in [0, 0.1) is 0 Å². The quantitative estimate of drug-likeness (QED) is 0.841. The van der Waals surface area contributed by atoms with Crippen molar-refractivity contribution in [2.45, 2.75) is 12.3 Å². The van der Waals surface area contributed by atoms with Gasteiger partial charge in [0.15, 0.2) is 11.5 Å². The fourth-order valence-electron chi connectivity index (χ4n) is 1.58. The van der Waals surface area contributed by atoms with Gasteiger partial charge < -0.3 is 19.9 Å². The van der Waals surface area contributed by atoms with E-state index < -0.39 is 18.3 Å². The molecule has 0 saturated heterocycles. The number of likely N-dealkylation sites (N-methyl/N-ethyl adjacent to an activating group) is 1. The molecule has 0 bridgehead atoms. The number of carboxylic acids is 1. The predicted octanol–water partition coefficient (Wildman–Crippen LogP) is 1.35. The van der Waals surface area contributed by atoms with Crippen molar-refractivity contribution >= 4 is 5.97 Å². The number of carboxylic acid groups (broad SMARTS) is 1. The minimum Gasteiger partial charge on any atom is -0.480 e. The first-order valence-electron chi connectivity index (χ1n) is 4.73. The molecular weight excluding hydrogens is 236 g/mol. The zero-order chi connectivity index (χ0) is 12.6. The number of halogens is 2. The standard InChI is InChI=1S/C10H9F2NO4/c1-13-8(9(14)15)5-2-3-6-7(4-5)17-10(11,12)16-6/h2-4,8,13H,1H3,(H,14,15). The molecule has 92 valence electrons. The monoisotopic (exact) mass is 245 g/mol. The van der Waals surface area contributed by atoms with Gasteiger partial charge in [0.25, 0.3) is 0 Å². The Morgan fingerprint density at radius 3 is 2.65 bits per heavy atom. The van der Waals surface area contributed by atoms with Crippen molar-refractivity contribution in [1.29, 1.82) is 0 Å². The number of nitrogens with one attached hydrogen (secondary N) is 1. The number of carbonyl (C=O) groups is 1. The summed E-state index contributed by atoms with van der Waals surface area (Å²) in [5, 5.41) is 11.4. The molecule has 2 rings (SSSR count). The highest BCUT2D eigenvalue weighted by molar-refractivity contribution is 5.76. The van der Waals surface area contributed by atoms with E-state index in [1.165, 1.54) is 25.2 Å². The molecule has 1 heterocycles. The van der Waals surface area contributed by atoms with Gasteiger partial charge in [-0.15, -0.1) is 8.78 Å². The molecule has 0 spiro atoms. The average molecular weight is 245 g/mol. The van der Waals surface area contributed by atoms with Crippen molar-refractivity contribution in [2.75, 3.05) is 7.05 Å². The van der Waals surface area contributed by atoms with Gasteiger partial charge in [0.2, 0.25) is 0 Å². The van der Waals surface area contributed by atoms with Crippen molar-refractivity contribution in [2.24, 2.45) is 0 Å². The Bertz CT molecular complexity index is 464. The Morgan fingerprint density at radius 2 is 2.06 bits per heavy atom. The average Bonchev–Trinajstić information content (AvgIpc) is 2.51. The van der Waals surface area contributed by atoms with Crippen LogP contribution in [-0.4, -0.2) is 24.4 Å². The second-order valence-electron chi connectivity index (χ2n) is 3.43. The smallest absolute Gasteiger partial charge is 0.480 e. The van der Waals surface area contributed by atoms with Crippen LogP contribution in [0.3, 0.4) is 0 Å². The molecule has 17 heavy (non-hydrogen) atoms. The molecule has 0 radical (unpaired) electrons. The maximum atomic E-state index is 12.7. The van der Waals surface area contributed by atoms with E-state index in [1.54, 1.807) is 0 Å². The molecule has 5 nitrogen and oxygen atoms in total. The van der Waals surface area contributed by atoms with E-state index in [0.29, 0.717) is 5.56 Å². The molecule has 1 aromatic rings. The van der Waals surface area contributed by atoms with Crippen molar-refractivity contribution in [3.63, 3.8) is 0 Å². The van der Waals surface area contributed by atoms with Crippen molar-refractivity contribution < 1.29 is 28.2 Å².